The molecule has 0 unspecified atom stereocenters. The van der Waals surface area contributed by atoms with Gasteiger partial charge in [-0.15, -0.1) is 0 Å². The third kappa shape index (κ3) is 3.87. The van der Waals surface area contributed by atoms with Crippen LogP contribution in [-0.4, -0.2) is 48.4 Å². The molecule has 0 amide bonds. The minimum Gasteiger partial charge on any atom is -0.399 e. The summed E-state index contributed by atoms with van der Waals surface area (Å²) in [6, 6.07) is 3.64. The Morgan fingerprint density at radius 1 is 1.13 bits per heavy atom. The molecular formula is C17H29BN2O3. The van der Waals surface area contributed by atoms with Gasteiger partial charge in [-0.25, -0.2) is 0 Å². The Hall–Kier alpha value is -1.11. The zero-order valence-corrected chi connectivity index (χ0v) is 15.5. The average Bonchev–Trinajstić information content (AvgIpc) is 2.61. The van der Waals surface area contributed by atoms with Crippen LogP contribution >= 0.6 is 0 Å². The smallest absolute Gasteiger partial charge is 0.399 e. The van der Waals surface area contributed by atoms with E-state index in [1.165, 1.54) is 0 Å². The van der Waals surface area contributed by atoms with Crippen LogP contribution in [-0.2, 0) is 15.9 Å². The predicted octanol–water partition coefficient (Wildman–Crippen LogP) is 1.41. The van der Waals surface area contributed by atoms with Crippen molar-refractivity contribution in [1.82, 2.24) is 9.47 Å². The molecule has 0 aliphatic carbocycles. The Labute approximate surface area is 139 Å². The van der Waals surface area contributed by atoms with Gasteiger partial charge in [0.15, 0.2) is 0 Å². The van der Waals surface area contributed by atoms with Crippen LogP contribution in [0.2, 0.25) is 0 Å². The Morgan fingerprint density at radius 3 is 2.17 bits per heavy atom. The molecule has 1 saturated heterocycles. The summed E-state index contributed by atoms with van der Waals surface area (Å²) in [5.74, 6) is 0. The summed E-state index contributed by atoms with van der Waals surface area (Å²) >= 11 is 0. The molecule has 1 aromatic heterocycles. The Balaban J connectivity index is 2.19. The summed E-state index contributed by atoms with van der Waals surface area (Å²) in [7, 11) is 3.59. The van der Waals surface area contributed by atoms with Crippen molar-refractivity contribution in [3.05, 3.63) is 28.2 Å². The van der Waals surface area contributed by atoms with Crippen molar-refractivity contribution in [2.24, 2.45) is 0 Å². The minimum absolute atomic E-state index is 0.00784. The van der Waals surface area contributed by atoms with Gasteiger partial charge < -0.3 is 18.8 Å². The highest BCUT2D eigenvalue weighted by molar-refractivity contribution is 6.62. The molecule has 23 heavy (non-hydrogen) atoms. The summed E-state index contributed by atoms with van der Waals surface area (Å²) < 4.78 is 13.9. The molecule has 6 heteroatoms. The standard InChI is InChI=1S/C17H29BN2O3/c1-13-11-14(18-22-16(2,3)17(4,5)23-18)12-15(21)20(13)10-8-9-19(6)7/h11-12H,8-10H2,1-7H3. The Kier molecular flexibility index (Phi) is 5.09. The molecule has 5 nitrogen and oxygen atoms in total. The topological polar surface area (TPSA) is 43.7 Å². The first-order chi connectivity index (χ1) is 10.5. The number of nitrogens with zero attached hydrogens (tertiary/aromatic N) is 2. The molecule has 2 heterocycles. The SMILES string of the molecule is Cc1cc(B2OC(C)(C)C(C)(C)O2)cc(=O)n1CCCN(C)C. The fraction of sp³-hybridized carbons (Fsp3) is 0.706. The van der Waals surface area contributed by atoms with Crippen molar-refractivity contribution in [3.63, 3.8) is 0 Å². The number of pyridine rings is 1. The molecule has 1 aliphatic heterocycles. The monoisotopic (exact) mass is 320 g/mol. The lowest BCUT2D eigenvalue weighted by atomic mass is 9.79. The van der Waals surface area contributed by atoms with Gasteiger partial charge in [0.05, 0.1) is 11.2 Å². The Bertz CT molecular complexity index is 607. The van der Waals surface area contributed by atoms with E-state index in [2.05, 4.69) is 4.90 Å². The molecule has 0 aromatic carbocycles. The second kappa shape index (κ2) is 6.42. The molecular weight excluding hydrogens is 291 g/mol. The second-order valence-corrected chi connectivity index (χ2v) is 7.67. The first kappa shape index (κ1) is 18.2. The number of rotatable bonds is 5. The van der Waals surface area contributed by atoms with Gasteiger partial charge in [-0.2, -0.15) is 0 Å². The van der Waals surface area contributed by atoms with Gasteiger partial charge in [-0.3, -0.25) is 4.79 Å². The van der Waals surface area contributed by atoms with Crippen LogP contribution < -0.4 is 11.0 Å². The maximum Gasteiger partial charge on any atom is 0.495 e. The second-order valence-electron chi connectivity index (χ2n) is 7.67. The zero-order valence-electron chi connectivity index (χ0n) is 15.5. The van der Waals surface area contributed by atoms with Crippen molar-refractivity contribution in [1.29, 1.82) is 0 Å². The summed E-state index contributed by atoms with van der Waals surface area (Å²) in [4.78, 5) is 14.6. The molecule has 2 rings (SSSR count). The van der Waals surface area contributed by atoms with Crippen molar-refractivity contribution in [3.8, 4) is 0 Å². The van der Waals surface area contributed by atoms with Crippen LogP contribution in [0, 0.1) is 6.92 Å². The van der Waals surface area contributed by atoms with E-state index >= 15 is 0 Å². The van der Waals surface area contributed by atoms with E-state index in [-0.39, 0.29) is 5.56 Å². The summed E-state index contributed by atoms with van der Waals surface area (Å²) in [6.45, 7) is 11.7. The van der Waals surface area contributed by atoms with Crippen molar-refractivity contribution >= 4 is 12.6 Å². The molecule has 0 N–H and O–H groups in total. The number of aromatic nitrogens is 1. The van der Waals surface area contributed by atoms with E-state index in [1.807, 2.05) is 59.3 Å². The highest BCUT2D eigenvalue weighted by Crippen LogP contribution is 2.36. The van der Waals surface area contributed by atoms with E-state index in [0.717, 1.165) is 30.7 Å². The number of hydrogen-bond acceptors (Lipinski definition) is 4. The first-order valence-corrected chi connectivity index (χ1v) is 8.25. The quantitative estimate of drug-likeness (QED) is 0.770. The summed E-state index contributed by atoms with van der Waals surface area (Å²) in [5, 5.41) is 0. The highest BCUT2D eigenvalue weighted by Gasteiger charge is 2.51. The van der Waals surface area contributed by atoms with Crippen LogP contribution in [0.5, 0.6) is 0 Å². The fourth-order valence-corrected chi connectivity index (χ4v) is 2.70. The molecule has 0 radical (unpaired) electrons. The predicted molar refractivity (Wildman–Crippen MR) is 94.3 cm³/mol. The van der Waals surface area contributed by atoms with Gasteiger partial charge >= 0.3 is 7.12 Å². The van der Waals surface area contributed by atoms with Gasteiger partial charge in [0.25, 0.3) is 0 Å². The van der Waals surface area contributed by atoms with Gasteiger partial charge in [-0.1, -0.05) is 0 Å². The maximum atomic E-state index is 12.5. The molecule has 128 valence electrons. The molecule has 0 atom stereocenters. The molecule has 0 saturated carbocycles. The van der Waals surface area contributed by atoms with Crippen molar-refractivity contribution in [2.45, 2.75) is 58.8 Å². The summed E-state index contributed by atoms with van der Waals surface area (Å²) in [6.07, 6.45) is 0.948. The fourth-order valence-electron chi connectivity index (χ4n) is 2.70. The van der Waals surface area contributed by atoms with Gasteiger partial charge in [0.2, 0.25) is 5.56 Å². The van der Waals surface area contributed by atoms with Crippen molar-refractivity contribution < 1.29 is 9.31 Å². The van der Waals surface area contributed by atoms with Crippen LogP contribution in [0.3, 0.4) is 0 Å². The number of hydrogen-bond donors (Lipinski definition) is 0. The van der Waals surface area contributed by atoms with Crippen molar-refractivity contribution in [2.75, 3.05) is 20.6 Å². The van der Waals surface area contributed by atoms with Crippen LogP contribution in [0.15, 0.2) is 16.9 Å². The van der Waals surface area contributed by atoms with E-state index < -0.39 is 18.3 Å². The van der Waals surface area contributed by atoms with E-state index in [0.29, 0.717) is 0 Å². The van der Waals surface area contributed by atoms with Gasteiger partial charge in [0.1, 0.15) is 0 Å². The third-order valence-electron chi connectivity index (χ3n) is 4.87. The van der Waals surface area contributed by atoms with E-state index in [9.17, 15) is 4.79 Å². The minimum atomic E-state index is -0.483. The highest BCUT2D eigenvalue weighted by atomic mass is 16.7. The van der Waals surface area contributed by atoms with E-state index in [4.69, 9.17) is 9.31 Å². The van der Waals surface area contributed by atoms with Gasteiger partial charge in [0, 0.05) is 18.3 Å². The largest absolute Gasteiger partial charge is 0.495 e. The molecule has 1 aromatic rings. The lowest BCUT2D eigenvalue weighted by Gasteiger charge is -2.32. The van der Waals surface area contributed by atoms with Gasteiger partial charge in [-0.05, 0) is 73.2 Å². The zero-order chi connectivity index (χ0) is 17.4. The van der Waals surface area contributed by atoms with Crippen LogP contribution in [0.4, 0.5) is 0 Å². The number of aryl methyl sites for hydroxylation is 1. The maximum absolute atomic E-state index is 12.5. The van der Waals surface area contributed by atoms with E-state index in [1.54, 1.807) is 6.07 Å². The lowest BCUT2D eigenvalue weighted by Crippen LogP contribution is -2.41. The van der Waals surface area contributed by atoms with Crippen LogP contribution in [0.25, 0.3) is 0 Å². The molecule has 1 aliphatic rings. The average molecular weight is 320 g/mol. The Morgan fingerprint density at radius 2 is 1.70 bits per heavy atom. The first-order valence-electron chi connectivity index (χ1n) is 8.25. The third-order valence-corrected chi connectivity index (χ3v) is 4.87. The molecule has 0 bridgehead atoms. The normalized spacial score (nSPS) is 19.6. The summed E-state index contributed by atoms with van der Waals surface area (Å²) in [5.41, 5.74) is 0.961. The van der Waals surface area contributed by atoms with Crippen LogP contribution in [0.1, 0.15) is 39.8 Å². The lowest BCUT2D eigenvalue weighted by molar-refractivity contribution is 0.00578. The molecule has 1 fully saturated rings. The molecule has 0 spiro atoms.